The van der Waals surface area contributed by atoms with Crippen LogP contribution >= 0.6 is 47.6 Å². The van der Waals surface area contributed by atoms with Crippen LogP contribution in [0.3, 0.4) is 0 Å². The van der Waals surface area contributed by atoms with Gasteiger partial charge in [-0.2, -0.15) is 7.42 Å². The molecule has 0 aliphatic carbocycles. The Hall–Kier alpha value is -0.240. The van der Waals surface area contributed by atoms with Crippen LogP contribution in [-0.2, 0) is 13.1 Å². The van der Waals surface area contributed by atoms with E-state index in [9.17, 15) is 0 Å². The molecule has 0 N–H and O–H groups in total. The van der Waals surface area contributed by atoms with Crippen molar-refractivity contribution < 1.29 is 0 Å². The van der Waals surface area contributed by atoms with Crippen LogP contribution in [0.5, 0.6) is 0 Å². The first-order valence-corrected chi connectivity index (χ1v) is 8.96. The van der Waals surface area contributed by atoms with Gasteiger partial charge in [0.05, 0.1) is 0 Å². The number of hydrogen-bond donors (Lipinski definition) is 2. The molecule has 0 fully saturated rings. The molecular formula is C14H16N2S4. The van der Waals surface area contributed by atoms with Crippen LogP contribution in [0.15, 0.2) is 60.7 Å². The van der Waals surface area contributed by atoms with Crippen molar-refractivity contribution in [3.05, 3.63) is 71.8 Å². The second-order valence-electron chi connectivity index (χ2n) is 4.14. The molecule has 0 bridgehead atoms. The summed E-state index contributed by atoms with van der Waals surface area (Å²) in [5.74, 6) is 0. The largest absolute Gasteiger partial charge is 0.182 e. The average molecular weight is 341 g/mol. The zero-order valence-corrected chi connectivity index (χ0v) is 14.2. The Kier molecular flexibility index (Phi) is 7.19. The maximum absolute atomic E-state index is 4.46. The minimum absolute atomic E-state index is 0.786. The summed E-state index contributed by atoms with van der Waals surface area (Å²) in [6, 6.07) is 20.6. The van der Waals surface area contributed by atoms with E-state index >= 15 is 0 Å². The first-order chi connectivity index (χ1) is 9.74. The van der Waals surface area contributed by atoms with Gasteiger partial charge in [0.2, 0.25) is 0 Å². The highest BCUT2D eigenvalue weighted by Gasteiger charge is 2.07. The lowest BCUT2D eigenvalue weighted by atomic mass is 10.2. The van der Waals surface area contributed by atoms with E-state index in [0.29, 0.717) is 0 Å². The SMILES string of the molecule is SN(Cc1ccccc1)SSN(S)Cc1ccccc1. The van der Waals surface area contributed by atoms with Gasteiger partial charge in [-0.3, -0.25) is 0 Å². The van der Waals surface area contributed by atoms with Crippen molar-refractivity contribution in [1.82, 2.24) is 7.42 Å². The van der Waals surface area contributed by atoms with Gasteiger partial charge in [0.25, 0.3) is 0 Å². The maximum Gasteiger partial charge on any atom is 0.0459 e. The van der Waals surface area contributed by atoms with Gasteiger partial charge < -0.3 is 0 Å². The normalized spacial score (nSPS) is 11.2. The highest BCUT2D eigenvalue weighted by Crippen LogP contribution is 2.34. The topological polar surface area (TPSA) is 6.48 Å². The molecule has 0 aliphatic heterocycles. The van der Waals surface area contributed by atoms with E-state index in [2.05, 4.69) is 49.9 Å². The fraction of sp³-hybridized carbons (Fsp3) is 0.143. The summed E-state index contributed by atoms with van der Waals surface area (Å²) in [6.07, 6.45) is 0. The van der Waals surface area contributed by atoms with Crippen molar-refractivity contribution in [3.63, 3.8) is 0 Å². The third-order valence-corrected chi connectivity index (χ3v) is 5.91. The third kappa shape index (κ3) is 6.03. The van der Waals surface area contributed by atoms with Crippen molar-refractivity contribution in [3.8, 4) is 0 Å². The zero-order valence-electron chi connectivity index (χ0n) is 10.8. The first-order valence-electron chi connectivity index (χ1n) is 6.09. The van der Waals surface area contributed by atoms with E-state index in [1.807, 2.05) is 43.8 Å². The Labute approximate surface area is 139 Å². The predicted octanol–water partition coefficient (Wildman–Crippen LogP) is 4.89. The molecule has 0 amide bonds. The highest BCUT2D eigenvalue weighted by atomic mass is 33.1. The summed E-state index contributed by atoms with van der Waals surface area (Å²) >= 11 is 8.91. The number of benzene rings is 2. The standard InChI is InChI=1S/C14H16N2S4/c17-15(11-13-7-3-1-4-8-13)19-20-16(18)12-14-9-5-2-6-10-14/h1-10,17-18H,11-12H2. The van der Waals surface area contributed by atoms with Crippen LogP contribution in [0, 0.1) is 0 Å². The summed E-state index contributed by atoms with van der Waals surface area (Å²) in [4.78, 5) is 0. The summed E-state index contributed by atoms with van der Waals surface area (Å²) in [7, 11) is 3.12. The Morgan fingerprint density at radius 3 is 1.35 bits per heavy atom. The number of rotatable bonds is 7. The molecule has 0 atom stereocenters. The minimum Gasteiger partial charge on any atom is -0.182 e. The molecule has 2 aromatic rings. The predicted molar refractivity (Wildman–Crippen MR) is 97.1 cm³/mol. The Morgan fingerprint density at radius 1 is 0.650 bits per heavy atom. The van der Waals surface area contributed by atoms with Gasteiger partial charge in [-0.15, -0.1) is 0 Å². The van der Waals surface area contributed by atoms with Crippen molar-refractivity contribution >= 4 is 47.6 Å². The molecule has 0 heterocycles. The molecule has 0 unspecified atom stereocenters. The lowest BCUT2D eigenvalue weighted by molar-refractivity contribution is 0.745. The third-order valence-electron chi connectivity index (χ3n) is 2.53. The lowest BCUT2D eigenvalue weighted by Crippen LogP contribution is -2.05. The zero-order chi connectivity index (χ0) is 14.2. The quantitative estimate of drug-likeness (QED) is 0.420. The smallest absolute Gasteiger partial charge is 0.0459 e. The minimum atomic E-state index is 0.786. The molecule has 2 rings (SSSR count). The van der Waals surface area contributed by atoms with Gasteiger partial charge in [0, 0.05) is 35.0 Å². The molecule has 0 aromatic heterocycles. The molecule has 6 heteroatoms. The maximum atomic E-state index is 4.46. The Balaban J connectivity index is 1.71. The van der Waals surface area contributed by atoms with Crippen LogP contribution < -0.4 is 0 Å². The Morgan fingerprint density at radius 2 is 1.00 bits per heavy atom. The fourth-order valence-electron chi connectivity index (χ4n) is 1.61. The van der Waals surface area contributed by atoms with Crippen LogP contribution in [0.2, 0.25) is 0 Å². The van der Waals surface area contributed by atoms with E-state index in [1.165, 1.54) is 11.1 Å². The fourth-order valence-corrected chi connectivity index (χ4v) is 3.81. The molecular weight excluding hydrogens is 324 g/mol. The molecule has 0 saturated carbocycles. The summed E-state index contributed by atoms with van der Waals surface area (Å²) in [6.45, 7) is 1.57. The van der Waals surface area contributed by atoms with Crippen LogP contribution in [-0.4, -0.2) is 7.42 Å². The molecule has 0 aliphatic rings. The molecule has 2 nitrogen and oxygen atoms in total. The summed E-state index contributed by atoms with van der Waals surface area (Å²) in [5.41, 5.74) is 2.48. The van der Waals surface area contributed by atoms with Crippen LogP contribution in [0.4, 0.5) is 0 Å². The van der Waals surface area contributed by atoms with E-state index in [0.717, 1.165) is 13.1 Å². The van der Waals surface area contributed by atoms with E-state index in [4.69, 9.17) is 0 Å². The van der Waals surface area contributed by atoms with Crippen molar-refractivity contribution in [1.29, 1.82) is 0 Å². The molecule has 2 aromatic carbocycles. The highest BCUT2D eigenvalue weighted by molar-refractivity contribution is 8.76. The lowest BCUT2D eigenvalue weighted by Gasteiger charge is -2.17. The Bertz CT molecular complexity index is 448. The molecule has 0 saturated heterocycles. The molecule has 0 spiro atoms. The average Bonchev–Trinajstić information content (AvgIpc) is 2.47. The van der Waals surface area contributed by atoms with Crippen LogP contribution in [0.25, 0.3) is 0 Å². The second kappa shape index (κ2) is 8.92. The monoisotopic (exact) mass is 340 g/mol. The van der Waals surface area contributed by atoms with E-state index < -0.39 is 0 Å². The van der Waals surface area contributed by atoms with Crippen molar-refractivity contribution in [2.45, 2.75) is 13.1 Å². The van der Waals surface area contributed by atoms with Gasteiger partial charge in [0.15, 0.2) is 0 Å². The van der Waals surface area contributed by atoms with Crippen molar-refractivity contribution in [2.24, 2.45) is 0 Å². The van der Waals surface area contributed by atoms with Gasteiger partial charge in [-0.05, 0) is 11.1 Å². The molecule has 20 heavy (non-hydrogen) atoms. The van der Waals surface area contributed by atoms with E-state index in [1.54, 1.807) is 22.0 Å². The number of hydrogen-bond acceptors (Lipinski definition) is 6. The molecule has 0 radical (unpaired) electrons. The molecule has 106 valence electrons. The van der Waals surface area contributed by atoms with E-state index in [-0.39, 0.29) is 0 Å². The first kappa shape index (κ1) is 16.1. The number of nitrogens with zero attached hydrogens (tertiary/aromatic N) is 2. The van der Waals surface area contributed by atoms with Gasteiger partial charge >= 0.3 is 0 Å². The summed E-state index contributed by atoms with van der Waals surface area (Å²) < 4.78 is 3.79. The summed E-state index contributed by atoms with van der Waals surface area (Å²) in [5, 5.41) is 0. The van der Waals surface area contributed by atoms with Gasteiger partial charge in [-0.1, -0.05) is 86.3 Å². The van der Waals surface area contributed by atoms with Crippen molar-refractivity contribution in [2.75, 3.05) is 0 Å². The van der Waals surface area contributed by atoms with Gasteiger partial charge in [-0.25, -0.2) is 0 Å². The van der Waals surface area contributed by atoms with Gasteiger partial charge in [0.1, 0.15) is 0 Å². The second-order valence-corrected chi connectivity index (χ2v) is 7.72. The van der Waals surface area contributed by atoms with Crippen LogP contribution in [0.1, 0.15) is 11.1 Å². The number of thiol groups is 2.